The number of hydrogen-bond donors (Lipinski definition) is 1. The van der Waals surface area contributed by atoms with E-state index < -0.39 is 5.54 Å². The highest BCUT2D eigenvalue weighted by atomic mass is 79.9. The standard InChI is InChI=1S/C16H22BrNO2/c1-15(2)10-4-5-11-16(15,14(19)20-3)18-13-8-6-12(17)7-9-13/h6-9,18H,4-5,10-11H2,1-3H3. The molecule has 1 atom stereocenters. The van der Waals surface area contributed by atoms with Crippen LogP contribution in [-0.2, 0) is 9.53 Å². The van der Waals surface area contributed by atoms with Crippen LogP contribution in [0.2, 0.25) is 0 Å². The molecule has 4 heteroatoms. The van der Waals surface area contributed by atoms with Gasteiger partial charge in [0.05, 0.1) is 7.11 Å². The number of anilines is 1. The Morgan fingerprint density at radius 3 is 2.35 bits per heavy atom. The number of benzene rings is 1. The molecule has 0 saturated heterocycles. The van der Waals surface area contributed by atoms with Crippen molar-refractivity contribution in [1.29, 1.82) is 0 Å². The molecule has 0 radical (unpaired) electrons. The first-order valence-corrected chi connectivity index (χ1v) is 7.83. The van der Waals surface area contributed by atoms with Crippen LogP contribution in [0.5, 0.6) is 0 Å². The number of carbonyl (C=O) groups is 1. The van der Waals surface area contributed by atoms with E-state index in [2.05, 4.69) is 35.1 Å². The molecule has 0 aliphatic heterocycles. The molecule has 20 heavy (non-hydrogen) atoms. The number of ether oxygens (including phenoxy) is 1. The molecule has 1 fully saturated rings. The summed E-state index contributed by atoms with van der Waals surface area (Å²) in [6.07, 6.45) is 4.03. The van der Waals surface area contributed by atoms with E-state index in [0.29, 0.717) is 0 Å². The minimum absolute atomic E-state index is 0.134. The van der Waals surface area contributed by atoms with Crippen molar-refractivity contribution in [1.82, 2.24) is 0 Å². The van der Waals surface area contributed by atoms with E-state index in [0.717, 1.165) is 35.8 Å². The van der Waals surface area contributed by atoms with E-state index in [-0.39, 0.29) is 11.4 Å². The van der Waals surface area contributed by atoms with Crippen LogP contribution in [0.25, 0.3) is 0 Å². The van der Waals surface area contributed by atoms with Crippen molar-refractivity contribution in [3.05, 3.63) is 28.7 Å². The van der Waals surface area contributed by atoms with Crippen LogP contribution in [0.1, 0.15) is 39.5 Å². The van der Waals surface area contributed by atoms with E-state index in [1.807, 2.05) is 24.3 Å². The second-order valence-electron chi connectivity index (χ2n) is 6.12. The normalized spacial score (nSPS) is 25.0. The Kier molecular flexibility index (Phi) is 4.43. The number of carbonyl (C=O) groups excluding carboxylic acids is 1. The lowest BCUT2D eigenvalue weighted by Gasteiger charge is -2.48. The molecule has 0 bridgehead atoms. The predicted molar refractivity (Wildman–Crippen MR) is 84.8 cm³/mol. The SMILES string of the molecule is COC(=O)C1(Nc2ccc(Br)cc2)CCCCC1(C)C. The van der Waals surface area contributed by atoms with Crippen LogP contribution in [0.15, 0.2) is 28.7 Å². The van der Waals surface area contributed by atoms with Gasteiger partial charge < -0.3 is 10.1 Å². The topological polar surface area (TPSA) is 38.3 Å². The summed E-state index contributed by atoms with van der Waals surface area (Å²) in [6, 6.07) is 7.92. The van der Waals surface area contributed by atoms with Crippen molar-refractivity contribution in [2.24, 2.45) is 5.41 Å². The van der Waals surface area contributed by atoms with Crippen LogP contribution in [0.3, 0.4) is 0 Å². The molecule has 0 aromatic heterocycles. The zero-order valence-corrected chi connectivity index (χ0v) is 13.9. The number of halogens is 1. The van der Waals surface area contributed by atoms with E-state index >= 15 is 0 Å². The molecule has 1 aliphatic rings. The van der Waals surface area contributed by atoms with Gasteiger partial charge in [0.2, 0.25) is 0 Å². The van der Waals surface area contributed by atoms with E-state index in [4.69, 9.17) is 4.74 Å². The van der Waals surface area contributed by atoms with Gasteiger partial charge in [-0.1, -0.05) is 42.6 Å². The monoisotopic (exact) mass is 339 g/mol. The zero-order chi connectivity index (χ0) is 14.8. The van der Waals surface area contributed by atoms with Crippen LogP contribution in [-0.4, -0.2) is 18.6 Å². The first-order valence-electron chi connectivity index (χ1n) is 7.03. The van der Waals surface area contributed by atoms with Crippen molar-refractivity contribution in [2.75, 3.05) is 12.4 Å². The lowest BCUT2D eigenvalue weighted by molar-refractivity contribution is -0.152. The highest BCUT2D eigenvalue weighted by Crippen LogP contribution is 2.46. The number of methoxy groups -OCH3 is 1. The average Bonchev–Trinajstić information content (AvgIpc) is 2.42. The molecule has 1 aromatic rings. The smallest absolute Gasteiger partial charge is 0.332 e. The fraction of sp³-hybridized carbons (Fsp3) is 0.562. The van der Waals surface area contributed by atoms with Crippen molar-refractivity contribution in [3.8, 4) is 0 Å². The average molecular weight is 340 g/mol. The first kappa shape index (κ1) is 15.4. The molecule has 1 saturated carbocycles. The van der Waals surface area contributed by atoms with Gasteiger partial charge in [-0.05, 0) is 42.5 Å². The summed E-state index contributed by atoms with van der Waals surface area (Å²) in [7, 11) is 1.47. The summed E-state index contributed by atoms with van der Waals surface area (Å²) >= 11 is 3.43. The molecule has 110 valence electrons. The van der Waals surface area contributed by atoms with Gasteiger partial charge in [0, 0.05) is 10.2 Å². The molecule has 1 N–H and O–H groups in total. The summed E-state index contributed by atoms with van der Waals surface area (Å²) in [4.78, 5) is 12.5. The van der Waals surface area contributed by atoms with Gasteiger partial charge in [0.15, 0.2) is 0 Å². The molecule has 1 aromatic carbocycles. The van der Waals surface area contributed by atoms with E-state index in [9.17, 15) is 4.79 Å². The molecule has 2 rings (SSSR count). The van der Waals surface area contributed by atoms with Crippen LogP contribution in [0, 0.1) is 5.41 Å². The number of hydrogen-bond acceptors (Lipinski definition) is 3. The van der Waals surface area contributed by atoms with Gasteiger partial charge in [0.1, 0.15) is 5.54 Å². The summed E-state index contributed by atoms with van der Waals surface area (Å²) in [6.45, 7) is 4.30. The Morgan fingerprint density at radius 1 is 1.20 bits per heavy atom. The second-order valence-corrected chi connectivity index (χ2v) is 7.04. The molecular formula is C16H22BrNO2. The predicted octanol–water partition coefficient (Wildman–Crippen LogP) is 4.37. The third kappa shape index (κ3) is 2.71. The Labute approximate surface area is 129 Å². The largest absolute Gasteiger partial charge is 0.467 e. The Hall–Kier alpha value is -1.03. The summed E-state index contributed by atoms with van der Waals surface area (Å²) in [5, 5.41) is 3.47. The third-order valence-corrected chi connectivity index (χ3v) is 5.02. The molecule has 0 heterocycles. The quantitative estimate of drug-likeness (QED) is 0.830. The van der Waals surface area contributed by atoms with Gasteiger partial charge >= 0.3 is 5.97 Å². The molecule has 3 nitrogen and oxygen atoms in total. The molecule has 0 spiro atoms. The fourth-order valence-corrected chi connectivity index (χ4v) is 3.39. The molecule has 0 amide bonds. The summed E-state index contributed by atoms with van der Waals surface area (Å²) < 4.78 is 6.14. The minimum atomic E-state index is -0.645. The zero-order valence-electron chi connectivity index (χ0n) is 12.3. The number of esters is 1. The number of rotatable bonds is 3. The van der Waals surface area contributed by atoms with Crippen molar-refractivity contribution < 1.29 is 9.53 Å². The van der Waals surface area contributed by atoms with Crippen molar-refractivity contribution in [2.45, 2.75) is 45.1 Å². The lowest BCUT2D eigenvalue weighted by atomic mass is 9.63. The molecule has 1 aliphatic carbocycles. The highest BCUT2D eigenvalue weighted by Gasteiger charge is 2.53. The number of nitrogens with one attached hydrogen (secondary N) is 1. The minimum Gasteiger partial charge on any atom is -0.467 e. The van der Waals surface area contributed by atoms with Gasteiger partial charge in [0.25, 0.3) is 0 Å². The Bertz CT molecular complexity index is 484. The van der Waals surface area contributed by atoms with Crippen LogP contribution >= 0.6 is 15.9 Å². The second kappa shape index (κ2) is 5.76. The first-order chi connectivity index (χ1) is 9.41. The van der Waals surface area contributed by atoms with Gasteiger partial charge in [-0.3, -0.25) is 0 Å². The molecular weight excluding hydrogens is 318 g/mol. The van der Waals surface area contributed by atoms with E-state index in [1.54, 1.807) is 0 Å². The van der Waals surface area contributed by atoms with Gasteiger partial charge in [-0.15, -0.1) is 0 Å². The Balaban J connectivity index is 2.36. The van der Waals surface area contributed by atoms with Gasteiger partial charge in [-0.2, -0.15) is 0 Å². The molecule has 1 unspecified atom stereocenters. The van der Waals surface area contributed by atoms with Crippen molar-refractivity contribution in [3.63, 3.8) is 0 Å². The maximum absolute atomic E-state index is 12.5. The summed E-state index contributed by atoms with van der Waals surface area (Å²) in [5.41, 5.74) is 0.174. The van der Waals surface area contributed by atoms with Crippen LogP contribution in [0.4, 0.5) is 5.69 Å². The third-order valence-electron chi connectivity index (χ3n) is 4.49. The Morgan fingerprint density at radius 2 is 1.80 bits per heavy atom. The fourth-order valence-electron chi connectivity index (χ4n) is 3.12. The lowest BCUT2D eigenvalue weighted by Crippen LogP contribution is -2.59. The van der Waals surface area contributed by atoms with Crippen molar-refractivity contribution >= 4 is 27.6 Å². The van der Waals surface area contributed by atoms with E-state index in [1.165, 1.54) is 7.11 Å². The highest BCUT2D eigenvalue weighted by molar-refractivity contribution is 9.10. The maximum Gasteiger partial charge on any atom is 0.332 e. The maximum atomic E-state index is 12.5. The van der Waals surface area contributed by atoms with Crippen LogP contribution < -0.4 is 5.32 Å². The summed E-state index contributed by atoms with van der Waals surface area (Å²) in [5.74, 6) is -0.162. The van der Waals surface area contributed by atoms with Gasteiger partial charge in [-0.25, -0.2) is 4.79 Å².